The molecule has 1 amide bonds. The number of para-hydroxylation sites is 1. The maximum absolute atomic E-state index is 13.7. The van der Waals surface area contributed by atoms with E-state index in [9.17, 15) is 18.0 Å². The number of nitrogens with one attached hydrogen (secondary N) is 1. The van der Waals surface area contributed by atoms with E-state index in [1.807, 2.05) is 32.0 Å². The van der Waals surface area contributed by atoms with Crippen molar-refractivity contribution in [1.82, 2.24) is 14.8 Å². The van der Waals surface area contributed by atoms with Crippen molar-refractivity contribution in [2.24, 2.45) is 0 Å². The van der Waals surface area contributed by atoms with E-state index in [4.69, 9.17) is 0 Å². The van der Waals surface area contributed by atoms with E-state index in [1.165, 1.54) is 11.6 Å². The van der Waals surface area contributed by atoms with Crippen molar-refractivity contribution >= 4 is 22.6 Å². The minimum absolute atomic E-state index is 0.0400. The molecule has 5 nitrogen and oxygen atoms in total. The summed E-state index contributed by atoms with van der Waals surface area (Å²) >= 11 is 0. The Hall–Kier alpha value is -2.90. The van der Waals surface area contributed by atoms with Crippen LogP contribution in [0.2, 0.25) is 0 Å². The third kappa shape index (κ3) is 3.71. The molecule has 1 aliphatic rings. The van der Waals surface area contributed by atoms with E-state index >= 15 is 0 Å². The number of anilines is 1. The van der Waals surface area contributed by atoms with Crippen LogP contribution in [0.25, 0.3) is 11.0 Å². The molecule has 0 saturated heterocycles. The van der Waals surface area contributed by atoms with Crippen molar-refractivity contribution in [2.75, 3.05) is 5.32 Å². The fourth-order valence-electron chi connectivity index (χ4n) is 3.62. The lowest BCUT2D eigenvalue weighted by atomic mass is 10.1. The number of pyridine rings is 1. The molecule has 8 heteroatoms. The molecule has 1 saturated carbocycles. The van der Waals surface area contributed by atoms with Crippen LogP contribution in [0.1, 0.15) is 46.8 Å². The first-order valence-corrected chi connectivity index (χ1v) is 9.46. The number of hydrogen-bond acceptors (Lipinski definition) is 3. The maximum Gasteiger partial charge on any atom is 0.417 e. The van der Waals surface area contributed by atoms with Gasteiger partial charge in [0.15, 0.2) is 5.65 Å². The van der Waals surface area contributed by atoms with Crippen LogP contribution < -0.4 is 5.32 Å². The van der Waals surface area contributed by atoms with Crippen molar-refractivity contribution in [3.05, 3.63) is 52.3 Å². The van der Waals surface area contributed by atoms with Crippen molar-refractivity contribution in [2.45, 2.75) is 52.3 Å². The van der Waals surface area contributed by atoms with Crippen molar-refractivity contribution in [1.29, 1.82) is 0 Å². The third-order valence-electron chi connectivity index (χ3n) is 5.24. The molecule has 0 atom stereocenters. The topological polar surface area (TPSA) is 59.8 Å². The second-order valence-electron chi connectivity index (χ2n) is 7.62. The zero-order valence-corrected chi connectivity index (χ0v) is 16.4. The van der Waals surface area contributed by atoms with E-state index < -0.39 is 11.7 Å². The predicted molar refractivity (Wildman–Crippen MR) is 104 cm³/mol. The van der Waals surface area contributed by atoms with Crippen LogP contribution in [-0.2, 0) is 17.5 Å². The van der Waals surface area contributed by atoms with Crippen LogP contribution in [0.4, 0.5) is 18.9 Å². The van der Waals surface area contributed by atoms with Gasteiger partial charge < -0.3 is 5.32 Å². The Morgan fingerprint density at radius 2 is 1.86 bits per heavy atom. The summed E-state index contributed by atoms with van der Waals surface area (Å²) in [6.07, 6.45) is -2.85. The quantitative estimate of drug-likeness (QED) is 0.676. The Bertz CT molecular complexity index is 1090. The number of benzene rings is 1. The highest BCUT2D eigenvalue weighted by Crippen LogP contribution is 2.43. The van der Waals surface area contributed by atoms with Gasteiger partial charge in [-0.1, -0.05) is 18.2 Å². The maximum atomic E-state index is 13.7. The zero-order valence-electron chi connectivity index (χ0n) is 16.4. The van der Waals surface area contributed by atoms with Gasteiger partial charge in [0, 0.05) is 17.3 Å². The van der Waals surface area contributed by atoms with Gasteiger partial charge in [0.25, 0.3) is 0 Å². The van der Waals surface area contributed by atoms with Gasteiger partial charge in [-0.05, 0) is 50.8 Å². The van der Waals surface area contributed by atoms with Crippen molar-refractivity contribution in [3.63, 3.8) is 0 Å². The summed E-state index contributed by atoms with van der Waals surface area (Å²) < 4.78 is 42.3. The second kappa shape index (κ2) is 6.86. The first-order chi connectivity index (χ1) is 13.6. The van der Waals surface area contributed by atoms with Crippen LogP contribution in [0.15, 0.2) is 24.3 Å². The van der Waals surface area contributed by atoms with E-state index in [0.29, 0.717) is 11.4 Å². The number of halogens is 3. The van der Waals surface area contributed by atoms with Gasteiger partial charge >= 0.3 is 6.18 Å². The number of carbonyl (C=O) groups excluding carboxylic acids is 1. The molecule has 1 N–H and O–H groups in total. The molecule has 1 aromatic carbocycles. The lowest BCUT2D eigenvalue weighted by Gasteiger charge is -2.13. The number of alkyl halides is 3. The van der Waals surface area contributed by atoms with Gasteiger partial charge in [0.05, 0.1) is 16.6 Å². The lowest BCUT2D eigenvalue weighted by molar-refractivity contribution is -0.136. The van der Waals surface area contributed by atoms with Crippen LogP contribution >= 0.6 is 0 Å². The largest absolute Gasteiger partial charge is 0.417 e. The highest BCUT2D eigenvalue weighted by Gasteiger charge is 2.37. The molecule has 0 aliphatic heterocycles. The normalized spacial score (nSPS) is 14.4. The number of nitrogens with zero attached hydrogens (tertiary/aromatic N) is 3. The summed E-state index contributed by atoms with van der Waals surface area (Å²) in [7, 11) is 0. The highest BCUT2D eigenvalue weighted by molar-refractivity contribution is 5.93. The molecular formula is C21H21F3N4O. The Balaban J connectivity index is 1.72. The molecule has 0 unspecified atom stereocenters. The van der Waals surface area contributed by atoms with Crippen molar-refractivity contribution < 1.29 is 18.0 Å². The first-order valence-electron chi connectivity index (χ1n) is 9.46. The minimum atomic E-state index is -4.51. The fourth-order valence-corrected chi connectivity index (χ4v) is 3.62. The summed E-state index contributed by atoms with van der Waals surface area (Å²) in [6, 6.07) is 6.80. The molecule has 0 bridgehead atoms. The van der Waals surface area contributed by atoms with Gasteiger partial charge in [-0.25, -0.2) is 9.67 Å². The smallest absolute Gasteiger partial charge is 0.324 e. The van der Waals surface area contributed by atoms with Crippen LogP contribution in [0.3, 0.4) is 0 Å². The molecule has 0 radical (unpaired) electrons. The van der Waals surface area contributed by atoms with Crippen LogP contribution in [0.5, 0.6) is 0 Å². The molecule has 29 heavy (non-hydrogen) atoms. The molecule has 4 rings (SSSR count). The van der Waals surface area contributed by atoms with E-state index in [1.54, 1.807) is 0 Å². The van der Waals surface area contributed by atoms with Gasteiger partial charge in [-0.3, -0.25) is 4.79 Å². The number of amides is 1. The Labute approximate surface area is 165 Å². The highest BCUT2D eigenvalue weighted by atomic mass is 19.4. The average Bonchev–Trinajstić information content (AvgIpc) is 3.43. The Morgan fingerprint density at radius 3 is 2.45 bits per heavy atom. The number of aromatic nitrogens is 3. The Morgan fingerprint density at radius 1 is 1.21 bits per heavy atom. The number of aryl methyl sites for hydroxylation is 3. The van der Waals surface area contributed by atoms with Gasteiger partial charge in [0.1, 0.15) is 6.54 Å². The summed E-state index contributed by atoms with van der Waals surface area (Å²) in [5.74, 6) is -0.313. The molecule has 1 aliphatic carbocycles. The zero-order chi connectivity index (χ0) is 20.9. The number of hydrogen-bond donors (Lipinski definition) is 1. The molecule has 1 fully saturated rings. The first kappa shape index (κ1) is 19.4. The molecule has 0 spiro atoms. The Kier molecular flexibility index (Phi) is 4.59. The average molecular weight is 402 g/mol. The summed E-state index contributed by atoms with van der Waals surface area (Å²) in [6.45, 7) is 5.07. The molecule has 2 aromatic heterocycles. The third-order valence-corrected chi connectivity index (χ3v) is 5.24. The van der Waals surface area contributed by atoms with Crippen LogP contribution in [-0.4, -0.2) is 20.7 Å². The van der Waals surface area contributed by atoms with E-state index in [0.717, 1.165) is 30.0 Å². The van der Waals surface area contributed by atoms with Gasteiger partial charge in [-0.2, -0.15) is 18.3 Å². The summed E-state index contributed by atoms with van der Waals surface area (Å²) in [4.78, 5) is 17.1. The summed E-state index contributed by atoms with van der Waals surface area (Å²) in [5.41, 5.74) is 2.53. The van der Waals surface area contributed by atoms with Crippen molar-refractivity contribution in [3.8, 4) is 0 Å². The summed E-state index contributed by atoms with van der Waals surface area (Å²) in [5, 5.41) is 7.01. The van der Waals surface area contributed by atoms with Crippen LogP contribution in [0, 0.1) is 20.8 Å². The number of carbonyl (C=O) groups is 1. The van der Waals surface area contributed by atoms with Gasteiger partial charge in [0.2, 0.25) is 5.91 Å². The SMILES string of the molecule is Cc1cccc(C)c1NC(=O)Cn1nc(C)c2c(C(F)(F)F)cc(C3CC3)nc21. The molecule has 3 aromatic rings. The number of rotatable bonds is 4. The monoisotopic (exact) mass is 402 g/mol. The number of fused-ring (bicyclic) bond motifs is 1. The minimum Gasteiger partial charge on any atom is -0.324 e. The lowest BCUT2D eigenvalue weighted by Crippen LogP contribution is -2.21. The van der Waals surface area contributed by atoms with E-state index in [2.05, 4.69) is 15.4 Å². The molecule has 2 heterocycles. The second-order valence-corrected chi connectivity index (χ2v) is 7.62. The fraction of sp³-hybridized carbons (Fsp3) is 0.381. The molecule has 152 valence electrons. The van der Waals surface area contributed by atoms with Gasteiger partial charge in [-0.15, -0.1) is 0 Å². The predicted octanol–water partition coefficient (Wildman–Crippen LogP) is 4.89. The standard InChI is InChI=1S/C21H21F3N4O/c1-11-5-4-6-12(2)19(11)26-17(29)10-28-20-18(13(3)27-28)15(21(22,23)24)9-16(25-20)14-7-8-14/h4-6,9,14H,7-8,10H2,1-3H3,(H,26,29). The molecular weight excluding hydrogens is 381 g/mol. The van der Waals surface area contributed by atoms with E-state index in [-0.39, 0.29) is 35.1 Å².